The third-order valence-corrected chi connectivity index (χ3v) is 3.18. The van der Waals surface area contributed by atoms with Crippen molar-refractivity contribution in [2.75, 3.05) is 6.54 Å². The molecule has 0 radical (unpaired) electrons. The first-order valence-corrected chi connectivity index (χ1v) is 5.84. The minimum Gasteiger partial charge on any atom is -0.490 e. The van der Waals surface area contributed by atoms with Crippen molar-refractivity contribution in [1.29, 1.82) is 0 Å². The van der Waals surface area contributed by atoms with Gasteiger partial charge in [0.05, 0.1) is 12.0 Å². The predicted molar refractivity (Wildman–Crippen MR) is 64.3 cm³/mol. The fourth-order valence-corrected chi connectivity index (χ4v) is 2.20. The molecule has 2 unspecified atom stereocenters. The van der Waals surface area contributed by atoms with Crippen molar-refractivity contribution in [3.8, 4) is 5.75 Å². The topological polar surface area (TPSA) is 72.6 Å². The Morgan fingerprint density at radius 2 is 2.41 bits per heavy atom. The lowest BCUT2D eigenvalue weighted by atomic mass is 9.92. The van der Waals surface area contributed by atoms with Gasteiger partial charge in [-0.1, -0.05) is 18.2 Å². The number of benzene rings is 1. The van der Waals surface area contributed by atoms with Crippen LogP contribution in [0.2, 0.25) is 0 Å². The number of ether oxygens (including phenoxy) is 1. The number of carbonyl (C=O) groups is 1. The van der Waals surface area contributed by atoms with E-state index >= 15 is 0 Å². The molecule has 2 atom stereocenters. The van der Waals surface area contributed by atoms with Crippen molar-refractivity contribution in [3.05, 3.63) is 29.3 Å². The lowest BCUT2D eigenvalue weighted by Gasteiger charge is -2.27. The molecule has 1 heterocycles. The number of carboxylic acids is 1. The monoisotopic (exact) mass is 235 g/mol. The van der Waals surface area contributed by atoms with Gasteiger partial charge in [-0.2, -0.15) is 0 Å². The number of fused-ring (bicyclic) bond motifs is 1. The number of carboxylic acid groups (broad SMARTS) is 1. The van der Waals surface area contributed by atoms with Gasteiger partial charge in [-0.3, -0.25) is 4.79 Å². The molecule has 0 aliphatic carbocycles. The number of aliphatic carboxylic acids is 1. The predicted octanol–water partition coefficient (Wildman–Crippen LogP) is 1.53. The van der Waals surface area contributed by atoms with E-state index in [1.54, 1.807) is 6.07 Å². The Morgan fingerprint density at radius 3 is 3.06 bits per heavy atom. The Morgan fingerprint density at radius 1 is 1.65 bits per heavy atom. The minimum atomic E-state index is -0.900. The number of para-hydroxylation sites is 1. The molecule has 0 fully saturated rings. The maximum atomic E-state index is 11.2. The number of hydrogen-bond donors (Lipinski definition) is 2. The molecule has 0 amide bonds. The molecule has 0 bridgehead atoms. The molecule has 4 nitrogen and oxygen atoms in total. The van der Waals surface area contributed by atoms with Crippen LogP contribution in [0.25, 0.3) is 0 Å². The molecule has 3 N–H and O–H groups in total. The standard InChI is InChI=1S/C13H17NO3/c1-8-5-6-9-3-2-4-10(12(9)17-8)11(7-14)13(15)16/h2-4,8,11H,5-7,14H2,1H3,(H,15,16). The Bertz CT molecular complexity index is 431. The van der Waals surface area contributed by atoms with Crippen LogP contribution in [0, 0.1) is 0 Å². The van der Waals surface area contributed by atoms with Crippen molar-refractivity contribution in [2.45, 2.75) is 31.8 Å². The van der Waals surface area contributed by atoms with Crippen LogP contribution in [0.15, 0.2) is 18.2 Å². The molecule has 0 saturated heterocycles. The van der Waals surface area contributed by atoms with Gasteiger partial charge < -0.3 is 15.6 Å². The van der Waals surface area contributed by atoms with Gasteiger partial charge in [0.2, 0.25) is 0 Å². The summed E-state index contributed by atoms with van der Waals surface area (Å²) in [7, 11) is 0. The van der Waals surface area contributed by atoms with E-state index in [1.165, 1.54) is 0 Å². The summed E-state index contributed by atoms with van der Waals surface area (Å²) in [6, 6.07) is 5.65. The van der Waals surface area contributed by atoms with Gasteiger partial charge in [0, 0.05) is 12.1 Å². The summed E-state index contributed by atoms with van der Waals surface area (Å²) in [5, 5.41) is 9.16. The first-order chi connectivity index (χ1) is 8.13. The normalized spacial score (nSPS) is 20.2. The van der Waals surface area contributed by atoms with Crippen molar-refractivity contribution in [3.63, 3.8) is 0 Å². The highest BCUT2D eigenvalue weighted by atomic mass is 16.5. The highest BCUT2D eigenvalue weighted by Crippen LogP contribution is 2.35. The average Bonchev–Trinajstić information content (AvgIpc) is 2.30. The second-order valence-electron chi connectivity index (χ2n) is 4.43. The first kappa shape index (κ1) is 11.9. The fourth-order valence-electron chi connectivity index (χ4n) is 2.20. The molecule has 1 aliphatic rings. The SMILES string of the molecule is CC1CCc2cccc(C(CN)C(=O)O)c2O1. The van der Waals surface area contributed by atoms with Gasteiger partial charge in [0.15, 0.2) is 0 Å². The van der Waals surface area contributed by atoms with E-state index in [0.29, 0.717) is 5.56 Å². The zero-order chi connectivity index (χ0) is 12.4. The molecule has 1 aromatic rings. The molecule has 0 spiro atoms. The molecule has 0 saturated carbocycles. The maximum absolute atomic E-state index is 11.2. The minimum absolute atomic E-state index is 0.0868. The van der Waals surface area contributed by atoms with E-state index in [0.717, 1.165) is 24.2 Å². The zero-order valence-electron chi connectivity index (χ0n) is 9.85. The number of aryl methyl sites for hydroxylation is 1. The molecule has 2 rings (SSSR count). The Balaban J connectivity index is 2.44. The summed E-state index contributed by atoms with van der Waals surface area (Å²) >= 11 is 0. The van der Waals surface area contributed by atoms with Crippen molar-refractivity contribution >= 4 is 5.97 Å². The van der Waals surface area contributed by atoms with E-state index in [-0.39, 0.29) is 12.6 Å². The van der Waals surface area contributed by atoms with Gasteiger partial charge in [-0.15, -0.1) is 0 Å². The molecule has 17 heavy (non-hydrogen) atoms. The number of nitrogens with two attached hydrogens (primary N) is 1. The summed E-state index contributed by atoms with van der Waals surface area (Å²) in [4.78, 5) is 11.2. The van der Waals surface area contributed by atoms with Crippen LogP contribution in [0.3, 0.4) is 0 Å². The van der Waals surface area contributed by atoms with Crippen LogP contribution in [0.1, 0.15) is 30.4 Å². The Labute approximate surface area is 100 Å². The maximum Gasteiger partial charge on any atom is 0.312 e. The molecule has 92 valence electrons. The van der Waals surface area contributed by atoms with Crippen LogP contribution >= 0.6 is 0 Å². The van der Waals surface area contributed by atoms with Gasteiger partial charge in [-0.05, 0) is 25.3 Å². The summed E-state index contributed by atoms with van der Waals surface area (Å²) in [5.41, 5.74) is 7.32. The van der Waals surface area contributed by atoms with Gasteiger partial charge in [0.25, 0.3) is 0 Å². The quantitative estimate of drug-likeness (QED) is 0.833. The van der Waals surface area contributed by atoms with Crippen molar-refractivity contribution in [1.82, 2.24) is 0 Å². The molecule has 1 aromatic carbocycles. The second-order valence-corrected chi connectivity index (χ2v) is 4.43. The molecular formula is C13H17NO3. The van der Waals surface area contributed by atoms with Crippen LogP contribution in [-0.4, -0.2) is 23.7 Å². The lowest BCUT2D eigenvalue weighted by molar-refractivity contribution is -0.138. The van der Waals surface area contributed by atoms with Crippen LogP contribution in [0.4, 0.5) is 0 Å². The third kappa shape index (κ3) is 2.26. The van der Waals surface area contributed by atoms with Gasteiger partial charge >= 0.3 is 5.97 Å². The van der Waals surface area contributed by atoms with E-state index in [1.807, 2.05) is 19.1 Å². The Kier molecular flexibility index (Phi) is 3.33. The molecular weight excluding hydrogens is 218 g/mol. The number of rotatable bonds is 3. The summed E-state index contributed by atoms with van der Waals surface area (Å²) in [6.45, 7) is 2.08. The largest absolute Gasteiger partial charge is 0.490 e. The first-order valence-electron chi connectivity index (χ1n) is 5.84. The Hall–Kier alpha value is -1.55. The zero-order valence-corrected chi connectivity index (χ0v) is 9.85. The van der Waals surface area contributed by atoms with E-state index in [9.17, 15) is 4.79 Å². The molecule has 0 aromatic heterocycles. The summed E-state index contributed by atoms with van der Waals surface area (Å²) in [5.74, 6) is -0.859. The third-order valence-electron chi connectivity index (χ3n) is 3.18. The van der Waals surface area contributed by atoms with Gasteiger partial charge in [-0.25, -0.2) is 0 Å². The summed E-state index contributed by atoms with van der Waals surface area (Å²) in [6.07, 6.45) is 2.04. The van der Waals surface area contributed by atoms with Crippen LogP contribution < -0.4 is 10.5 Å². The van der Waals surface area contributed by atoms with Crippen molar-refractivity contribution in [2.24, 2.45) is 5.73 Å². The number of hydrogen-bond acceptors (Lipinski definition) is 3. The highest BCUT2D eigenvalue weighted by molar-refractivity contribution is 5.78. The smallest absolute Gasteiger partial charge is 0.312 e. The highest BCUT2D eigenvalue weighted by Gasteiger charge is 2.26. The lowest BCUT2D eigenvalue weighted by Crippen LogP contribution is -2.25. The van der Waals surface area contributed by atoms with Gasteiger partial charge in [0.1, 0.15) is 5.75 Å². The van der Waals surface area contributed by atoms with Crippen LogP contribution in [0.5, 0.6) is 5.75 Å². The summed E-state index contributed by atoms with van der Waals surface area (Å²) < 4.78 is 5.78. The van der Waals surface area contributed by atoms with E-state index in [2.05, 4.69) is 0 Å². The molecule has 4 heteroatoms. The van der Waals surface area contributed by atoms with E-state index < -0.39 is 11.9 Å². The van der Waals surface area contributed by atoms with Crippen LogP contribution in [-0.2, 0) is 11.2 Å². The second kappa shape index (κ2) is 4.75. The van der Waals surface area contributed by atoms with E-state index in [4.69, 9.17) is 15.6 Å². The van der Waals surface area contributed by atoms with Crippen molar-refractivity contribution < 1.29 is 14.6 Å². The molecule has 1 aliphatic heterocycles. The fraction of sp³-hybridized carbons (Fsp3) is 0.462. The average molecular weight is 235 g/mol.